The summed E-state index contributed by atoms with van der Waals surface area (Å²) < 4.78 is 0. The van der Waals surface area contributed by atoms with Crippen molar-refractivity contribution in [3.63, 3.8) is 0 Å². The lowest BCUT2D eigenvalue weighted by Crippen LogP contribution is -2.43. The number of nitrogens with zero attached hydrogens (tertiary/aromatic N) is 1. The van der Waals surface area contributed by atoms with Crippen LogP contribution in [0.25, 0.3) is 0 Å². The van der Waals surface area contributed by atoms with Crippen molar-refractivity contribution in [2.75, 3.05) is 13.1 Å². The molecule has 1 fully saturated rings. The van der Waals surface area contributed by atoms with Gasteiger partial charge in [-0.05, 0) is 23.8 Å². The largest absolute Gasteiger partial charge is 0.337 e. The number of rotatable bonds is 1. The SMILES string of the molecule is CC1CCN(C(=O)c2cccs2)CC1Br. The van der Waals surface area contributed by atoms with E-state index in [9.17, 15) is 4.79 Å². The highest BCUT2D eigenvalue weighted by Crippen LogP contribution is 2.25. The third-order valence-electron chi connectivity index (χ3n) is 2.89. The van der Waals surface area contributed by atoms with Gasteiger partial charge in [-0.25, -0.2) is 0 Å². The first-order valence-corrected chi connectivity index (χ1v) is 6.95. The second kappa shape index (κ2) is 4.66. The molecule has 1 aliphatic rings. The van der Waals surface area contributed by atoms with E-state index < -0.39 is 0 Å². The van der Waals surface area contributed by atoms with Crippen LogP contribution in [0.5, 0.6) is 0 Å². The summed E-state index contributed by atoms with van der Waals surface area (Å²) in [5, 5.41) is 1.95. The predicted octanol–water partition coefficient (Wildman–Crippen LogP) is 2.99. The smallest absolute Gasteiger partial charge is 0.263 e. The topological polar surface area (TPSA) is 20.3 Å². The molecule has 2 nitrogen and oxygen atoms in total. The number of carbonyl (C=O) groups excluding carboxylic acids is 1. The quantitative estimate of drug-likeness (QED) is 0.727. The molecule has 1 amide bonds. The van der Waals surface area contributed by atoms with Crippen LogP contribution in [0.1, 0.15) is 23.0 Å². The van der Waals surface area contributed by atoms with Crippen molar-refractivity contribution in [2.24, 2.45) is 5.92 Å². The van der Waals surface area contributed by atoms with Gasteiger partial charge in [-0.1, -0.05) is 28.9 Å². The molecule has 1 aliphatic heterocycles. The van der Waals surface area contributed by atoms with Crippen LogP contribution in [0, 0.1) is 5.92 Å². The number of thiophene rings is 1. The summed E-state index contributed by atoms with van der Waals surface area (Å²) in [6.07, 6.45) is 1.09. The van der Waals surface area contributed by atoms with Crippen molar-refractivity contribution >= 4 is 33.2 Å². The van der Waals surface area contributed by atoms with Gasteiger partial charge in [0.2, 0.25) is 0 Å². The van der Waals surface area contributed by atoms with Gasteiger partial charge >= 0.3 is 0 Å². The Morgan fingerprint density at radius 3 is 3.07 bits per heavy atom. The Labute approximate surface area is 102 Å². The van der Waals surface area contributed by atoms with E-state index in [1.807, 2.05) is 22.4 Å². The number of piperidine rings is 1. The molecule has 0 aromatic carbocycles. The third kappa shape index (κ3) is 2.42. The molecule has 1 aromatic rings. The standard InChI is InChI=1S/C11H14BrNOS/c1-8-4-5-13(7-9(8)12)11(14)10-3-2-6-15-10/h2-3,6,8-9H,4-5,7H2,1H3. The van der Waals surface area contributed by atoms with E-state index in [-0.39, 0.29) is 5.91 Å². The van der Waals surface area contributed by atoms with Gasteiger partial charge in [0, 0.05) is 17.9 Å². The van der Waals surface area contributed by atoms with Crippen LogP contribution in [0.15, 0.2) is 17.5 Å². The molecule has 4 heteroatoms. The summed E-state index contributed by atoms with van der Waals surface area (Å²) in [6.45, 7) is 3.95. The molecule has 2 rings (SSSR count). The molecule has 0 N–H and O–H groups in total. The van der Waals surface area contributed by atoms with E-state index in [0.29, 0.717) is 10.7 Å². The maximum atomic E-state index is 12.0. The summed E-state index contributed by atoms with van der Waals surface area (Å²) in [5.74, 6) is 0.846. The fourth-order valence-corrected chi connectivity index (χ4v) is 3.07. The molecule has 0 bridgehead atoms. The van der Waals surface area contributed by atoms with Crippen molar-refractivity contribution in [2.45, 2.75) is 18.2 Å². The molecule has 0 aliphatic carbocycles. The van der Waals surface area contributed by atoms with Gasteiger partial charge in [-0.3, -0.25) is 4.79 Å². The fourth-order valence-electron chi connectivity index (χ4n) is 1.76. The second-order valence-corrected chi connectivity index (χ2v) is 6.13. The molecule has 15 heavy (non-hydrogen) atoms. The van der Waals surface area contributed by atoms with E-state index >= 15 is 0 Å². The molecular formula is C11H14BrNOS. The zero-order chi connectivity index (χ0) is 10.8. The Balaban J connectivity index is 2.03. The van der Waals surface area contributed by atoms with Gasteiger partial charge in [-0.15, -0.1) is 11.3 Å². The lowest BCUT2D eigenvalue weighted by Gasteiger charge is -2.33. The van der Waals surface area contributed by atoms with Gasteiger partial charge < -0.3 is 4.90 Å². The van der Waals surface area contributed by atoms with Gasteiger partial charge in [0.1, 0.15) is 0 Å². The van der Waals surface area contributed by atoms with Crippen molar-refractivity contribution in [3.8, 4) is 0 Å². The van der Waals surface area contributed by atoms with Crippen LogP contribution in [0.3, 0.4) is 0 Å². The molecule has 2 unspecified atom stereocenters. The lowest BCUT2D eigenvalue weighted by molar-refractivity contribution is 0.0711. The summed E-state index contributed by atoms with van der Waals surface area (Å²) in [4.78, 5) is 15.3. The van der Waals surface area contributed by atoms with Crippen LogP contribution >= 0.6 is 27.3 Å². The zero-order valence-electron chi connectivity index (χ0n) is 8.65. The van der Waals surface area contributed by atoms with Crippen LogP contribution in [0.4, 0.5) is 0 Å². The molecule has 2 heterocycles. The lowest BCUT2D eigenvalue weighted by atomic mass is 9.99. The van der Waals surface area contributed by atoms with E-state index in [1.54, 1.807) is 0 Å². The van der Waals surface area contributed by atoms with Crippen LogP contribution in [-0.4, -0.2) is 28.7 Å². The maximum absolute atomic E-state index is 12.0. The Hall–Kier alpha value is -0.350. The van der Waals surface area contributed by atoms with Crippen LogP contribution < -0.4 is 0 Å². The Morgan fingerprint density at radius 2 is 2.47 bits per heavy atom. The molecule has 1 saturated heterocycles. The van der Waals surface area contributed by atoms with Crippen molar-refractivity contribution in [1.29, 1.82) is 0 Å². The average Bonchev–Trinajstić information content (AvgIpc) is 2.74. The first kappa shape index (κ1) is 11.1. The number of hydrogen-bond donors (Lipinski definition) is 0. The number of likely N-dealkylation sites (tertiary alicyclic amines) is 1. The molecule has 0 radical (unpaired) electrons. The zero-order valence-corrected chi connectivity index (χ0v) is 11.1. The minimum Gasteiger partial charge on any atom is -0.337 e. The Morgan fingerprint density at radius 1 is 1.67 bits per heavy atom. The van der Waals surface area contributed by atoms with E-state index in [2.05, 4.69) is 22.9 Å². The summed E-state index contributed by atoms with van der Waals surface area (Å²) >= 11 is 5.16. The highest BCUT2D eigenvalue weighted by Gasteiger charge is 2.27. The van der Waals surface area contributed by atoms with Gasteiger partial charge in [0.15, 0.2) is 0 Å². The van der Waals surface area contributed by atoms with Crippen molar-refractivity contribution in [1.82, 2.24) is 4.90 Å². The minimum atomic E-state index is 0.182. The highest BCUT2D eigenvalue weighted by molar-refractivity contribution is 9.09. The summed E-state index contributed by atoms with van der Waals surface area (Å²) in [7, 11) is 0. The predicted molar refractivity (Wildman–Crippen MR) is 66.7 cm³/mol. The van der Waals surface area contributed by atoms with Crippen molar-refractivity contribution < 1.29 is 4.79 Å². The van der Waals surface area contributed by atoms with E-state index in [4.69, 9.17) is 0 Å². The molecule has 1 aromatic heterocycles. The van der Waals surface area contributed by atoms with Gasteiger partial charge in [-0.2, -0.15) is 0 Å². The van der Waals surface area contributed by atoms with Gasteiger partial charge in [0.25, 0.3) is 5.91 Å². The Kier molecular flexibility index (Phi) is 3.46. The fraction of sp³-hybridized carbons (Fsp3) is 0.545. The summed E-state index contributed by atoms with van der Waals surface area (Å²) in [6, 6.07) is 3.82. The second-order valence-electron chi connectivity index (χ2n) is 4.01. The number of alkyl halides is 1. The molecule has 2 atom stereocenters. The summed E-state index contributed by atoms with van der Waals surface area (Å²) in [5.41, 5.74) is 0. The molecule has 82 valence electrons. The molecule has 0 saturated carbocycles. The number of halogens is 1. The minimum absolute atomic E-state index is 0.182. The normalized spacial score (nSPS) is 26.7. The number of carbonyl (C=O) groups is 1. The highest BCUT2D eigenvalue weighted by atomic mass is 79.9. The Bertz CT molecular complexity index is 338. The van der Waals surface area contributed by atoms with E-state index in [0.717, 1.165) is 24.4 Å². The number of hydrogen-bond acceptors (Lipinski definition) is 2. The van der Waals surface area contributed by atoms with Crippen LogP contribution in [-0.2, 0) is 0 Å². The van der Waals surface area contributed by atoms with E-state index in [1.165, 1.54) is 11.3 Å². The van der Waals surface area contributed by atoms with Crippen LogP contribution in [0.2, 0.25) is 0 Å². The molecule has 0 spiro atoms. The monoisotopic (exact) mass is 287 g/mol. The maximum Gasteiger partial charge on any atom is 0.263 e. The first-order chi connectivity index (χ1) is 7.18. The van der Waals surface area contributed by atoms with Crippen molar-refractivity contribution in [3.05, 3.63) is 22.4 Å². The average molecular weight is 288 g/mol. The van der Waals surface area contributed by atoms with Gasteiger partial charge in [0.05, 0.1) is 4.88 Å². The third-order valence-corrected chi connectivity index (χ3v) is 4.94. The molecular weight excluding hydrogens is 274 g/mol. The first-order valence-electron chi connectivity index (χ1n) is 5.15. The number of amides is 1.